The second-order valence-corrected chi connectivity index (χ2v) is 13.3. The third-order valence-corrected chi connectivity index (χ3v) is 10.4. The number of amides is 4. The molecule has 11 heteroatoms. The molecule has 10 nitrogen and oxygen atoms in total. The second-order valence-electron chi connectivity index (χ2n) is 8.62. The molecule has 0 aliphatic carbocycles. The Morgan fingerprint density at radius 1 is 1.03 bits per heavy atom. The standard InChI is InChI=1S/C24H36N4O6Si/c1-6-35(7-2,8-3)34-20-10-9-19(26-21(29)16-27(4)5)15-18(20)17-33-24(32)25-13-14-28-22(30)11-12-23(28)31/h9-12,15H,6-8,13-14,16-17H2,1-5H3,(H,25,32)(H,26,29). The van der Waals surface area contributed by atoms with Gasteiger partial charge in [-0.1, -0.05) is 20.8 Å². The van der Waals surface area contributed by atoms with Crippen molar-refractivity contribution in [2.45, 2.75) is 45.5 Å². The SMILES string of the molecule is CC[Si](CC)(CC)Oc1ccc(NC(=O)CN(C)C)cc1COC(=O)NCCN1C(=O)C=CC1=O. The van der Waals surface area contributed by atoms with Crippen molar-refractivity contribution in [2.24, 2.45) is 0 Å². The van der Waals surface area contributed by atoms with Crippen LogP contribution in [-0.4, -0.2) is 75.7 Å². The Hall–Kier alpha value is -3.18. The zero-order chi connectivity index (χ0) is 26.0. The molecule has 0 saturated heterocycles. The zero-order valence-corrected chi connectivity index (χ0v) is 22.2. The first-order valence-electron chi connectivity index (χ1n) is 11.8. The van der Waals surface area contributed by atoms with E-state index in [4.69, 9.17) is 9.16 Å². The Morgan fingerprint density at radius 2 is 1.66 bits per heavy atom. The van der Waals surface area contributed by atoms with Crippen LogP contribution in [0.2, 0.25) is 18.1 Å². The molecule has 0 bridgehead atoms. The van der Waals surface area contributed by atoms with E-state index in [2.05, 4.69) is 31.4 Å². The summed E-state index contributed by atoms with van der Waals surface area (Å²) in [6.07, 6.45) is 1.70. The number of imide groups is 1. The van der Waals surface area contributed by atoms with Crippen LogP contribution in [0.5, 0.6) is 5.75 Å². The van der Waals surface area contributed by atoms with Gasteiger partial charge in [0.2, 0.25) is 14.2 Å². The fraction of sp³-hybridized carbons (Fsp3) is 0.500. The van der Waals surface area contributed by atoms with Gasteiger partial charge in [0.05, 0.1) is 6.54 Å². The first-order valence-corrected chi connectivity index (χ1v) is 14.4. The van der Waals surface area contributed by atoms with Crippen LogP contribution < -0.4 is 15.1 Å². The molecule has 0 aromatic heterocycles. The van der Waals surface area contributed by atoms with E-state index in [1.54, 1.807) is 17.0 Å². The van der Waals surface area contributed by atoms with Crippen LogP contribution in [0.15, 0.2) is 30.4 Å². The summed E-state index contributed by atoms with van der Waals surface area (Å²) >= 11 is 0. The highest BCUT2D eigenvalue weighted by Crippen LogP contribution is 2.30. The molecule has 4 amide bonds. The van der Waals surface area contributed by atoms with Crippen molar-refractivity contribution in [1.82, 2.24) is 15.1 Å². The second kappa shape index (κ2) is 13.1. The number of nitrogens with one attached hydrogen (secondary N) is 2. The lowest BCUT2D eigenvalue weighted by molar-refractivity contribution is -0.136. The first-order chi connectivity index (χ1) is 16.6. The maximum atomic E-state index is 12.3. The van der Waals surface area contributed by atoms with E-state index in [1.807, 2.05) is 20.2 Å². The van der Waals surface area contributed by atoms with E-state index in [0.29, 0.717) is 17.0 Å². The van der Waals surface area contributed by atoms with Gasteiger partial charge in [0.1, 0.15) is 12.4 Å². The molecule has 1 aliphatic rings. The topological polar surface area (TPSA) is 117 Å². The van der Waals surface area contributed by atoms with E-state index in [-0.39, 0.29) is 32.1 Å². The molecule has 192 valence electrons. The quantitative estimate of drug-likeness (QED) is 0.313. The average molecular weight is 505 g/mol. The molecular weight excluding hydrogens is 468 g/mol. The van der Waals surface area contributed by atoms with E-state index >= 15 is 0 Å². The minimum absolute atomic E-state index is 0.0547. The number of hydrogen-bond donors (Lipinski definition) is 2. The van der Waals surface area contributed by atoms with Crippen molar-refractivity contribution in [2.75, 3.05) is 39.0 Å². The summed E-state index contributed by atoms with van der Waals surface area (Å²) in [5.74, 6) is -0.334. The molecule has 2 rings (SSSR count). The van der Waals surface area contributed by atoms with Gasteiger partial charge >= 0.3 is 6.09 Å². The van der Waals surface area contributed by atoms with Gasteiger partial charge in [-0.15, -0.1) is 0 Å². The van der Waals surface area contributed by atoms with Gasteiger partial charge in [-0.25, -0.2) is 4.79 Å². The van der Waals surface area contributed by atoms with Crippen LogP contribution in [0.25, 0.3) is 0 Å². The van der Waals surface area contributed by atoms with Crippen LogP contribution in [0.3, 0.4) is 0 Å². The molecule has 35 heavy (non-hydrogen) atoms. The molecule has 0 fully saturated rings. The predicted molar refractivity (Wildman–Crippen MR) is 135 cm³/mol. The number of benzene rings is 1. The first kappa shape index (κ1) is 28.1. The molecule has 2 N–H and O–H groups in total. The van der Waals surface area contributed by atoms with Gasteiger partial charge in [0.15, 0.2) is 0 Å². The molecule has 0 radical (unpaired) electrons. The minimum Gasteiger partial charge on any atom is -0.543 e. The summed E-state index contributed by atoms with van der Waals surface area (Å²) < 4.78 is 11.9. The predicted octanol–water partition coefficient (Wildman–Crippen LogP) is 2.72. The Morgan fingerprint density at radius 3 is 2.23 bits per heavy atom. The lowest BCUT2D eigenvalue weighted by Crippen LogP contribution is -2.39. The number of alkyl carbamates (subject to hydrolysis) is 1. The number of likely N-dealkylation sites (N-methyl/N-ethyl adjacent to an activating group) is 1. The van der Waals surface area contributed by atoms with Crippen LogP contribution >= 0.6 is 0 Å². The normalized spacial score (nSPS) is 13.4. The Bertz CT molecular complexity index is 935. The fourth-order valence-electron chi connectivity index (χ4n) is 3.67. The Labute approximate surface area is 207 Å². The molecule has 1 aromatic rings. The Balaban J connectivity index is 2.07. The smallest absolute Gasteiger partial charge is 0.407 e. The van der Waals surface area contributed by atoms with Gasteiger partial charge in [-0.2, -0.15) is 0 Å². The van der Waals surface area contributed by atoms with Crippen LogP contribution in [0.1, 0.15) is 26.3 Å². The van der Waals surface area contributed by atoms with Gasteiger partial charge in [-0.05, 0) is 50.4 Å². The van der Waals surface area contributed by atoms with Gasteiger partial charge in [-0.3, -0.25) is 19.3 Å². The largest absolute Gasteiger partial charge is 0.543 e. The summed E-state index contributed by atoms with van der Waals surface area (Å²) in [5.41, 5.74) is 1.22. The summed E-state index contributed by atoms with van der Waals surface area (Å²) in [5, 5.41) is 5.40. The van der Waals surface area contributed by atoms with Crippen molar-refractivity contribution in [3.05, 3.63) is 35.9 Å². The van der Waals surface area contributed by atoms with Crippen LogP contribution in [-0.2, 0) is 25.7 Å². The van der Waals surface area contributed by atoms with Gasteiger partial charge in [0.25, 0.3) is 11.8 Å². The van der Waals surface area contributed by atoms with Crippen molar-refractivity contribution in [3.8, 4) is 5.75 Å². The van der Waals surface area contributed by atoms with E-state index in [9.17, 15) is 19.2 Å². The van der Waals surface area contributed by atoms with Crippen LogP contribution in [0, 0.1) is 0 Å². The van der Waals surface area contributed by atoms with E-state index in [1.165, 1.54) is 12.2 Å². The number of carbonyl (C=O) groups is 4. The lowest BCUT2D eigenvalue weighted by Gasteiger charge is -2.30. The lowest BCUT2D eigenvalue weighted by atomic mass is 10.2. The maximum Gasteiger partial charge on any atom is 0.407 e. The van der Waals surface area contributed by atoms with Gasteiger partial charge in [0, 0.05) is 36.5 Å². The molecule has 0 unspecified atom stereocenters. The summed E-state index contributed by atoms with van der Waals surface area (Å²) in [6.45, 7) is 6.68. The molecule has 1 heterocycles. The Kier molecular flexibility index (Phi) is 10.5. The number of ether oxygens (including phenoxy) is 1. The summed E-state index contributed by atoms with van der Waals surface area (Å²) in [6, 6.07) is 8.19. The molecule has 0 atom stereocenters. The highest BCUT2D eigenvalue weighted by Gasteiger charge is 2.31. The molecular formula is C24H36N4O6Si. The van der Waals surface area contributed by atoms with Gasteiger partial charge < -0.3 is 24.7 Å². The number of nitrogens with zero attached hydrogens (tertiary/aromatic N) is 2. The summed E-state index contributed by atoms with van der Waals surface area (Å²) in [7, 11) is 1.63. The zero-order valence-electron chi connectivity index (χ0n) is 21.2. The summed E-state index contributed by atoms with van der Waals surface area (Å²) in [4.78, 5) is 50.5. The van der Waals surface area contributed by atoms with Crippen molar-refractivity contribution in [3.63, 3.8) is 0 Å². The van der Waals surface area contributed by atoms with Crippen molar-refractivity contribution >= 4 is 37.8 Å². The minimum atomic E-state index is -1.99. The average Bonchev–Trinajstić information content (AvgIpc) is 3.14. The number of anilines is 1. The molecule has 0 saturated carbocycles. The fourth-order valence-corrected chi connectivity index (χ4v) is 6.27. The van der Waals surface area contributed by atoms with E-state index < -0.39 is 26.2 Å². The number of carbonyl (C=O) groups excluding carboxylic acids is 4. The van der Waals surface area contributed by atoms with E-state index in [0.717, 1.165) is 23.0 Å². The molecule has 1 aliphatic heterocycles. The molecule has 0 spiro atoms. The number of rotatable bonds is 13. The molecule has 1 aromatic carbocycles. The van der Waals surface area contributed by atoms with Crippen LogP contribution in [0.4, 0.5) is 10.5 Å². The third-order valence-electron chi connectivity index (χ3n) is 5.93. The number of hydrogen-bond acceptors (Lipinski definition) is 7. The van der Waals surface area contributed by atoms with Crippen molar-refractivity contribution < 1.29 is 28.3 Å². The highest BCUT2D eigenvalue weighted by atomic mass is 28.4. The third kappa shape index (κ3) is 8.21. The maximum absolute atomic E-state index is 12.3. The monoisotopic (exact) mass is 504 g/mol. The highest BCUT2D eigenvalue weighted by molar-refractivity contribution is 6.74. The van der Waals surface area contributed by atoms with Crippen molar-refractivity contribution in [1.29, 1.82) is 0 Å².